The summed E-state index contributed by atoms with van der Waals surface area (Å²) < 4.78 is 22.9. The molecule has 0 atom stereocenters. The molecule has 0 fully saturated rings. The summed E-state index contributed by atoms with van der Waals surface area (Å²) in [4.78, 5) is 2.56. The molecule has 0 saturated heterocycles. The first-order chi connectivity index (χ1) is 8.69. The lowest BCUT2D eigenvalue weighted by Crippen LogP contribution is -2.38. The number of nitrogens with two attached hydrogens (primary N) is 1. The van der Waals surface area contributed by atoms with Crippen molar-refractivity contribution in [1.29, 1.82) is 0 Å². The van der Waals surface area contributed by atoms with Crippen LogP contribution in [0.25, 0.3) is 0 Å². The van der Waals surface area contributed by atoms with Gasteiger partial charge in [-0.3, -0.25) is 0 Å². The minimum absolute atomic E-state index is 0.0332. The number of benzene rings is 1. The molecule has 108 valence electrons. The monoisotopic (exact) mass is 284 g/mol. The zero-order valence-corrected chi connectivity index (χ0v) is 13.0. The SMILES string of the molecule is CCN(CC(C)(C)CN)c1ccc(S(C)(=O)=O)cc1. The molecule has 2 N–H and O–H groups in total. The molecule has 1 aromatic carbocycles. The summed E-state index contributed by atoms with van der Waals surface area (Å²) in [6.07, 6.45) is 1.22. The number of anilines is 1. The van der Waals surface area contributed by atoms with Crippen molar-refractivity contribution in [3.63, 3.8) is 0 Å². The van der Waals surface area contributed by atoms with Gasteiger partial charge in [0, 0.05) is 25.0 Å². The van der Waals surface area contributed by atoms with E-state index in [1.54, 1.807) is 12.1 Å². The van der Waals surface area contributed by atoms with Crippen molar-refractivity contribution in [3.8, 4) is 0 Å². The molecule has 0 unspecified atom stereocenters. The van der Waals surface area contributed by atoms with Gasteiger partial charge < -0.3 is 10.6 Å². The number of nitrogens with zero attached hydrogens (tertiary/aromatic N) is 1. The van der Waals surface area contributed by atoms with Gasteiger partial charge in [-0.2, -0.15) is 0 Å². The Morgan fingerprint density at radius 1 is 1.21 bits per heavy atom. The van der Waals surface area contributed by atoms with E-state index in [1.165, 1.54) is 6.26 Å². The fraction of sp³-hybridized carbons (Fsp3) is 0.571. The van der Waals surface area contributed by atoms with Crippen molar-refractivity contribution < 1.29 is 8.42 Å². The van der Waals surface area contributed by atoms with E-state index < -0.39 is 9.84 Å². The first-order valence-electron chi connectivity index (χ1n) is 6.45. The summed E-state index contributed by atoms with van der Waals surface area (Å²) in [6.45, 7) is 8.66. The summed E-state index contributed by atoms with van der Waals surface area (Å²) >= 11 is 0. The van der Waals surface area contributed by atoms with Gasteiger partial charge in [-0.15, -0.1) is 0 Å². The first-order valence-corrected chi connectivity index (χ1v) is 8.34. The molecule has 0 aliphatic heterocycles. The van der Waals surface area contributed by atoms with Gasteiger partial charge in [-0.1, -0.05) is 13.8 Å². The van der Waals surface area contributed by atoms with Crippen LogP contribution in [-0.2, 0) is 9.84 Å². The van der Waals surface area contributed by atoms with Crippen LogP contribution in [-0.4, -0.2) is 34.3 Å². The van der Waals surface area contributed by atoms with Crippen LogP contribution in [0.2, 0.25) is 0 Å². The summed E-state index contributed by atoms with van der Waals surface area (Å²) in [5.41, 5.74) is 6.82. The highest BCUT2D eigenvalue weighted by Gasteiger charge is 2.20. The maximum absolute atomic E-state index is 11.4. The number of rotatable bonds is 6. The Morgan fingerprint density at radius 3 is 2.11 bits per heavy atom. The number of sulfone groups is 1. The third-order valence-electron chi connectivity index (χ3n) is 3.18. The average Bonchev–Trinajstić information content (AvgIpc) is 2.35. The predicted molar refractivity (Wildman–Crippen MR) is 80.3 cm³/mol. The van der Waals surface area contributed by atoms with Crippen LogP contribution in [0.15, 0.2) is 29.2 Å². The lowest BCUT2D eigenvalue weighted by molar-refractivity contribution is 0.380. The molecule has 0 aliphatic carbocycles. The van der Waals surface area contributed by atoms with E-state index in [0.29, 0.717) is 11.4 Å². The molecule has 19 heavy (non-hydrogen) atoms. The molecule has 0 spiro atoms. The van der Waals surface area contributed by atoms with Crippen molar-refractivity contribution in [2.45, 2.75) is 25.7 Å². The Hall–Kier alpha value is -1.07. The van der Waals surface area contributed by atoms with Gasteiger partial charge in [0.05, 0.1) is 4.90 Å². The molecule has 1 aromatic rings. The van der Waals surface area contributed by atoms with Crippen LogP contribution in [0.4, 0.5) is 5.69 Å². The van der Waals surface area contributed by atoms with Gasteiger partial charge in [0.2, 0.25) is 0 Å². The van der Waals surface area contributed by atoms with Crippen LogP contribution in [0, 0.1) is 5.41 Å². The third kappa shape index (κ3) is 4.51. The zero-order chi connectivity index (χ0) is 14.7. The van der Waals surface area contributed by atoms with Crippen LogP contribution in [0.1, 0.15) is 20.8 Å². The van der Waals surface area contributed by atoms with Gasteiger partial charge >= 0.3 is 0 Å². The van der Waals surface area contributed by atoms with E-state index in [-0.39, 0.29) is 5.41 Å². The number of hydrogen-bond donors (Lipinski definition) is 1. The predicted octanol–water partition coefficient (Wildman–Crippen LogP) is 1.90. The molecule has 1 rings (SSSR count). The minimum Gasteiger partial charge on any atom is -0.371 e. The van der Waals surface area contributed by atoms with Gasteiger partial charge in [-0.05, 0) is 43.1 Å². The zero-order valence-electron chi connectivity index (χ0n) is 12.2. The highest BCUT2D eigenvalue weighted by molar-refractivity contribution is 7.90. The van der Waals surface area contributed by atoms with Crippen molar-refractivity contribution in [1.82, 2.24) is 0 Å². The second-order valence-corrected chi connectivity index (χ2v) is 7.66. The molecule has 0 amide bonds. The van der Waals surface area contributed by atoms with Gasteiger partial charge in [-0.25, -0.2) is 8.42 Å². The Balaban J connectivity index is 2.95. The van der Waals surface area contributed by atoms with E-state index in [2.05, 4.69) is 25.7 Å². The Bertz CT molecular complexity index is 507. The largest absolute Gasteiger partial charge is 0.371 e. The fourth-order valence-electron chi connectivity index (χ4n) is 1.87. The highest BCUT2D eigenvalue weighted by Crippen LogP contribution is 2.22. The number of hydrogen-bond acceptors (Lipinski definition) is 4. The molecule has 4 nitrogen and oxygen atoms in total. The lowest BCUT2D eigenvalue weighted by Gasteiger charge is -2.32. The summed E-state index contributed by atoms with van der Waals surface area (Å²) in [5.74, 6) is 0. The fourth-order valence-corrected chi connectivity index (χ4v) is 2.50. The third-order valence-corrected chi connectivity index (χ3v) is 4.31. The van der Waals surface area contributed by atoms with Crippen molar-refractivity contribution in [3.05, 3.63) is 24.3 Å². The van der Waals surface area contributed by atoms with Crippen LogP contribution in [0.5, 0.6) is 0 Å². The van der Waals surface area contributed by atoms with Gasteiger partial charge in [0.15, 0.2) is 9.84 Å². The second kappa shape index (κ2) is 5.92. The molecule has 0 bridgehead atoms. The normalized spacial score (nSPS) is 12.5. The van der Waals surface area contributed by atoms with Crippen molar-refractivity contribution in [2.24, 2.45) is 11.1 Å². The van der Waals surface area contributed by atoms with Gasteiger partial charge in [0.1, 0.15) is 0 Å². The van der Waals surface area contributed by atoms with Crippen LogP contribution < -0.4 is 10.6 Å². The van der Waals surface area contributed by atoms with E-state index in [0.717, 1.165) is 18.8 Å². The molecule has 0 saturated carbocycles. The first kappa shape index (κ1) is 16.0. The topological polar surface area (TPSA) is 63.4 Å². The van der Waals surface area contributed by atoms with E-state index >= 15 is 0 Å². The van der Waals surface area contributed by atoms with E-state index in [4.69, 9.17) is 5.73 Å². The van der Waals surface area contributed by atoms with Crippen molar-refractivity contribution in [2.75, 3.05) is 30.8 Å². The smallest absolute Gasteiger partial charge is 0.175 e. The Morgan fingerprint density at radius 2 is 1.74 bits per heavy atom. The summed E-state index contributed by atoms with van der Waals surface area (Å²) in [5, 5.41) is 0. The Kier molecular flexibility index (Phi) is 4.98. The second-order valence-electron chi connectivity index (χ2n) is 5.65. The van der Waals surface area contributed by atoms with E-state index in [1.807, 2.05) is 12.1 Å². The maximum atomic E-state index is 11.4. The molecule has 0 aliphatic rings. The minimum atomic E-state index is -3.13. The standard InChI is InChI=1S/C14H24N2O2S/c1-5-16(11-14(2,3)10-15)12-6-8-13(9-7-12)19(4,17)18/h6-9H,5,10-11,15H2,1-4H3. The molecule has 0 aromatic heterocycles. The Labute approximate surface area is 116 Å². The molecule has 0 heterocycles. The van der Waals surface area contributed by atoms with Crippen molar-refractivity contribution >= 4 is 15.5 Å². The maximum Gasteiger partial charge on any atom is 0.175 e. The van der Waals surface area contributed by atoms with Gasteiger partial charge in [0.25, 0.3) is 0 Å². The molecular weight excluding hydrogens is 260 g/mol. The van der Waals surface area contributed by atoms with Crippen LogP contribution >= 0.6 is 0 Å². The van der Waals surface area contributed by atoms with E-state index in [9.17, 15) is 8.42 Å². The van der Waals surface area contributed by atoms with Crippen LogP contribution in [0.3, 0.4) is 0 Å². The highest BCUT2D eigenvalue weighted by atomic mass is 32.2. The summed E-state index contributed by atoms with van der Waals surface area (Å²) in [6, 6.07) is 7.02. The average molecular weight is 284 g/mol. The summed E-state index contributed by atoms with van der Waals surface area (Å²) in [7, 11) is -3.13. The quantitative estimate of drug-likeness (QED) is 0.866. The molecule has 5 heteroatoms. The molecular formula is C14H24N2O2S. The lowest BCUT2D eigenvalue weighted by atomic mass is 9.93. The molecule has 0 radical (unpaired) electrons.